The third kappa shape index (κ3) is 6.78. The number of hydrogen-bond donors (Lipinski definition) is 0. The highest BCUT2D eigenvalue weighted by molar-refractivity contribution is 6.30. The van der Waals surface area contributed by atoms with Crippen LogP contribution in [0.3, 0.4) is 0 Å². The number of halogens is 1. The van der Waals surface area contributed by atoms with E-state index in [-0.39, 0.29) is 5.78 Å². The monoisotopic (exact) mass is 305 g/mol. The average Bonchev–Trinajstić information content (AvgIpc) is 2.49. The number of Topliss-reactive ketones (excluding diaryl/α,β-unsaturated/α-hetero) is 1. The van der Waals surface area contributed by atoms with E-state index in [1.165, 1.54) is 32.1 Å². The summed E-state index contributed by atoms with van der Waals surface area (Å²) in [4.78, 5) is 12.1. The number of nitrogens with zero attached hydrogens (tertiary/aromatic N) is 1. The second-order valence-corrected chi connectivity index (χ2v) is 5.89. The van der Waals surface area contributed by atoms with Gasteiger partial charge >= 0.3 is 0 Å². The maximum atomic E-state index is 12.1. The Bertz CT molecular complexity index is 461. The molecule has 21 heavy (non-hydrogen) atoms. The molecule has 0 fully saturated rings. The van der Waals surface area contributed by atoms with Gasteiger partial charge in [0, 0.05) is 11.4 Å². The van der Waals surface area contributed by atoms with Crippen LogP contribution >= 0.6 is 11.6 Å². The van der Waals surface area contributed by atoms with Crippen LogP contribution in [0.5, 0.6) is 0 Å². The fraction of sp³-hybridized carbons (Fsp3) is 0.556. The zero-order chi connectivity index (χ0) is 15.5. The van der Waals surface area contributed by atoms with Crippen molar-refractivity contribution in [2.45, 2.75) is 64.2 Å². The van der Waals surface area contributed by atoms with Crippen molar-refractivity contribution in [2.24, 2.45) is 0 Å². The topological polar surface area (TPSA) is 40.9 Å². The number of hydrogen-bond acceptors (Lipinski definition) is 2. The molecule has 1 atom stereocenters. The Morgan fingerprint density at radius 3 is 2.24 bits per heavy atom. The fourth-order valence-electron chi connectivity index (χ4n) is 2.39. The van der Waals surface area contributed by atoms with E-state index >= 15 is 0 Å². The predicted octanol–water partition coefficient (Wildman–Crippen LogP) is 5.66. The van der Waals surface area contributed by atoms with E-state index in [1.807, 2.05) is 0 Å². The number of rotatable bonds is 10. The molecule has 114 valence electrons. The van der Waals surface area contributed by atoms with Gasteiger partial charge in [0.15, 0.2) is 5.78 Å². The van der Waals surface area contributed by atoms with Crippen LogP contribution in [0.2, 0.25) is 5.02 Å². The normalized spacial score (nSPS) is 11.9. The molecule has 0 bridgehead atoms. The molecule has 2 nitrogen and oxygen atoms in total. The largest absolute Gasteiger partial charge is 0.298 e. The zero-order valence-electron chi connectivity index (χ0n) is 12.8. The molecule has 3 heteroatoms. The Morgan fingerprint density at radius 1 is 1.10 bits per heavy atom. The van der Waals surface area contributed by atoms with Crippen LogP contribution in [-0.4, -0.2) is 5.78 Å². The summed E-state index contributed by atoms with van der Waals surface area (Å²) in [6.07, 6.45) is 8.73. The predicted molar refractivity (Wildman–Crippen MR) is 87.4 cm³/mol. The van der Waals surface area contributed by atoms with Crippen molar-refractivity contribution in [3.63, 3.8) is 0 Å². The van der Waals surface area contributed by atoms with E-state index < -0.39 is 5.92 Å². The van der Waals surface area contributed by atoms with Crippen molar-refractivity contribution in [1.29, 1.82) is 5.26 Å². The summed E-state index contributed by atoms with van der Waals surface area (Å²) >= 11 is 5.83. The highest BCUT2D eigenvalue weighted by Crippen LogP contribution is 2.21. The number of ketones is 1. The third-order valence-corrected chi connectivity index (χ3v) is 3.93. The Morgan fingerprint density at radius 2 is 1.67 bits per heavy atom. The number of carbonyl (C=O) groups excluding carboxylic acids is 1. The first-order chi connectivity index (χ1) is 10.2. The van der Waals surface area contributed by atoms with Gasteiger partial charge in [0.05, 0.1) is 6.07 Å². The van der Waals surface area contributed by atoms with Gasteiger partial charge in [-0.1, -0.05) is 69.2 Å². The van der Waals surface area contributed by atoms with Crippen LogP contribution in [0.1, 0.15) is 69.8 Å². The van der Waals surface area contributed by atoms with Gasteiger partial charge in [0.25, 0.3) is 0 Å². The van der Waals surface area contributed by atoms with E-state index in [9.17, 15) is 10.1 Å². The molecule has 0 aliphatic heterocycles. The van der Waals surface area contributed by atoms with Gasteiger partial charge < -0.3 is 0 Å². The summed E-state index contributed by atoms with van der Waals surface area (Å²) in [5.41, 5.74) is 0.745. The SMILES string of the molecule is CCCCCCCCCC(=O)C(C#N)c1ccc(Cl)cc1. The Labute approximate surface area is 133 Å². The lowest BCUT2D eigenvalue weighted by Crippen LogP contribution is -2.10. The molecule has 0 aliphatic carbocycles. The van der Waals surface area contributed by atoms with Crippen LogP contribution in [0, 0.1) is 11.3 Å². The van der Waals surface area contributed by atoms with Crippen LogP contribution in [0.4, 0.5) is 0 Å². The van der Waals surface area contributed by atoms with Crippen LogP contribution in [-0.2, 0) is 4.79 Å². The van der Waals surface area contributed by atoms with Crippen molar-refractivity contribution in [1.82, 2.24) is 0 Å². The lowest BCUT2D eigenvalue weighted by atomic mass is 9.93. The van der Waals surface area contributed by atoms with Gasteiger partial charge in [-0.15, -0.1) is 0 Å². The van der Waals surface area contributed by atoms with Gasteiger partial charge in [0.2, 0.25) is 0 Å². The molecule has 0 aromatic heterocycles. The summed E-state index contributed by atoms with van der Waals surface area (Å²) in [6.45, 7) is 2.21. The minimum atomic E-state index is -0.651. The van der Waals surface area contributed by atoms with Crippen molar-refractivity contribution in [3.8, 4) is 6.07 Å². The molecule has 0 heterocycles. The van der Waals surface area contributed by atoms with Crippen molar-refractivity contribution >= 4 is 17.4 Å². The molecule has 0 radical (unpaired) electrons. The van der Waals surface area contributed by atoms with Crippen LogP contribution < -0.4 is 0 Å². The first-order valence-corrected chi connectivity index (χ1v) is 8.24. The van der Waals surface area contributed by atoms with Crippen molar-refractivity contribution < 1.29 is 4.79 Å². The molecule has 0 aliphatic rings. The van der Waals surface area contributed by atoms with E-state index in [4.69, 9.17) is 11.6 Å². The molecule has 1 rings (SSSR count). The molecule has 0 N–H and O–H groups in total. The molecule has 0 saturated heterocycles. The number of nitriles is 1. The van der Waals surface area contributed by atoms with Crippen LogP contribution in [0.15, 0.2) is 24.3 Å². The summed E-state index contributed by atoms with van der Waals surface area (Å²) < 4.78 is 0. The first-order valence-electron chi connectivity index (χ1n) is 7.86. The lowest BCUT2D eigenvalue weighted by Gasteiger charge is -2.08. The van der Waals surface area contributed by atoms with Crippen molar-refractivity contribution in [3.05, 3.63) is 34.9 Å². The molecular weight excluding hydrogens is 282 g/mol. The maximum Gasteiger partial charge on any atom is 0.154 e. The van der Waals surface area contributed by atoms with Gasteiger partial charge in [-0.25, -0.2) is 0 Å². The molecule has 1 aromatic carbocycles. The average molecular weight is 306 g/mol. The summed E-state index contributed by atoms with van der Waals surface area (Å²) in [7, 11) is 0. The lowest BCUT2D eigenvalue weighted by molar-refractivity contribution is -0.119. The second-order valence-electron chi connectivity index (χ2n) is 5.45. The fourth-order valence-corrected chi connectivity index (χ4v) is 2.51. The highest BCUT2D eigenvalue weighted by Gasteiger charge is 2.19. The molecule has 0 saturated carbocycles. The summed E-state index contributed by atoms with van der Waals surface area (Å²) in [6, 6.07) is 9.09. The zero-order valence-corrected chi connectivity index (χ0v) is 13.5. The van der Waals surface area contributed by atoms with E-state index in [2.05, 4.69) is 13.0 Å². The second kappa shape index (κ2) is 10.4. The van der Waals surface area contributed by atoms with E-state index in [0.717, 1.165) is 18.4 Å². The first kappa shape index (κ1) is 17.7. The van der Waals surface area contributed by atoms with Gasteiger partial charge in [-0.05, 0) is 24.1 Å². The molecule has 1 unspecified atom stereocenters. The van der Waals surface area contributed by atoms with Gasteiger partial charge in [0.1, 0.15) is 5.92 Å². The van der Waals surface area contributed by atoms with Crippen molar-refractivity contribution in [2.75, 3.05) is 0 Å². The molecule has 1 aromatic rings. The summed E-state index contributed by atoms with van der Waals surface area (Å²) in [5, 5.41) is 9.84. The Balaban J connectivity index is 2.32. The summed E-state index contributed by atoms with van der Waals surface area (Å²) in [5.74, 6) is -0.629. The van der Waals surface area contributed by atoms with Crippen LogP contribution in [0.25, 0.3) is 0 Å². The van der Waals surface area contributed by atoms with Gasteiger partial charge in [-0.3, -0.25) is 4.79 Å². The quantitative estimate of drug-likeness (QED) is 0.523. The smallest absolute Gasteiger partial charge is 0.154 e. The maximum absolute atomic E-state index is 12.1. The Hall–Kier alpha value is -1.33. The van der Waals surface area contributed by atoms with Gasteiger partial charge in [-0.2, -0.15) is 5.26 Å². The minimum Gasteiger partial charge on any atom is -0.298 e. The van der Waals surface area contributed by atoms with E-state index in [1.54, 1.807) is 24.3 Å². The highest BCUT2D eigenvalue weighted by atomic mass is 35.5. The standard InChI is InChI=1S/C18H24ClNO/c1-2-3-4-5-6-7-8-9-18(21)17(14-20)15-10-12-16(19)13-11-15/h10-13,17H,2-9H2,1H3. The third-order valence-electron chi connectivity index (χ3n) is 3.68. The molecular formula is C18H24ClNO. The molecule has 0 amide bonds. The number of benzene rings is 1. The molecule has 0 spiro atoms. The number of unbranched alkanes of at least 4 members (excludes halogenated alkanes) is 6. The van der Waals surface area contributed by atoms with E-state index in [0.29, 0.717) is 11.4 Å². The Kier molecular flexibility index (Phi) is 8.78. The number of carbonyl (C=O) groups is 1. The minimum absolute atomic E-state index is 0.0216.